The van der Waals surface area contributed by atoms with Crippen LogP contribution in [0.3, 0.4) is 0 Å². The monoisotopic (exact) mass is 416 g/mol. The lowest BCUT2D eigenvalue weighted by molar-refractivity contribution is 0.0906. The molecule has 1 aliphatic carbocycles. The van der Waals surface area contributed by atoms with E-state index in [-0.39, 0.29) is 16.1 Å². The van der Waals surface area contributed by atoms with Crippen molar-refractivity contribution in [2.75, 3.05) is 13.1 Å². The van der Waals surface area contributed by atoms with Gasteiger partial charge < -0.3 is 10.1 Å². The number of hydrogen-bond acceptors (Lipinski definition) is 4. The van der Waals surface area contributed by atoms with Crippen LogP contribution in [-0.2, 0) is 16.4 Å². The normalized spacial score (nSPS) is 20.6. The molecule has 4 rings (SSSR count). The van der Waals surface area contributed by atoms with Gasteiger partial charge in [-0.1, -0.05) is 32.0 Å². The van der Waals surface area contributed by atoms with Crippen molar-refractivity contribution in [3.05, 3.63) is 52.3 Å². The second kappa shape index (κ2) is 7.07. The predicted octanol–water partition coefficient (Wildman–Crippen LogP) is 3.34. The van der Waals surface area contributed by atoms with Gasteiger partial charge in [-0.15, -0.1) is 0 Å². The molecule has 2 aromatic rings. The van der Waals surface area contributed by atoms with E-state index in [1.165, 1.54) is 4.31 Å². The fourth-order valence-electron chi connectivity index (χ4n) is 4.73. The topological polar surface area (TPSA) is 90.5 Å². The van der Waals surface area contributed by atoms with Gasteiger partial charge in [-0.05, 0) is 37.7 Å². The lowest BCUT2D eigenvalue weighted by atomic mass is 9.75. The quantitative estimate of drug-likeness (QED) is 0.800. The molecule has 1 fully saturated rings. The number of sulfonamides is 1. The van der Waals surface area contributed by atoms with Gasteiger partial charge in [-0.3, -0.25) is 4.79 Å². The molecule has 1 aliphatic heterocycles. The standard InChI is InChI=1S/C22H28N2O4S/c1-14-19(20-16(23-14)12-22(2,3)13-17(20)25)21(26)15-8-4-5-9-18(15)29(27,28)24-10-6-7-11-24/h4-5,8-9,21,23,26H,6-7,10-13H2,1-3H3. The molecule has 1 saturated heterocycles. The summed E-state index contributed by atoms with van der Waals surface area (Å²) in [6.45, 7) is 6.93. The molecule has 2 heterocycles. The number of fused-ring (bicyclic) bond motifs is 1. The SMILES string of the molecule is Cc1[nH]c2c(c1C(O)c1ccccc1S(=O)(=O)N1CCCC1)C(=O)CC(C)(C)C2. The van der Waals surface area contributed by atoms with Gasteiger partial charge in [-0.2, -0.15) is 4.31 Å². The summed E-state index contributed by atoms with van der Waals surface area (Å²) in [4.78, 5) is 16.3. The number of rotatable bonds is 4. The van der Waals surface area contributed by atoms with Crippen molar-refractivity contribution in [1.82, 2.24) is 9.29 Å². The maximum atomic E-state index is 13.2. The van der Waals surface area contributed by atoms with Crippen LogP contribution in [0.4, 0.5) is 0 Å². The van der Waals surface area contributed by atoms with Crippen molar-refractivity contribution in [3.63, 3.8) is 0 Å². The number of aryl methyl sites for hydroxylation is 1. The number of aliphatic hydroxyl groups excluding tert-OH is 1. The Morgan fingerprint density at radius 1 is 1.14 bits per heavy atom. The van der Waals surface area contributed by atoms with Crippen molar-refractivity contribution in [3.8, 4) is 0 Å². The fraction of sp³-hybridized carbons (Fsp3) is 0.500. The molecule has 29 heavy (non-hydrogen) atoms. The predicted molar refractivity (Wildman–Crippen MR) is 110 cm³/mol. The Bertz CT molecular complexity index is 1060. The molecule has 0 amide bonds. The average molecular weight is 417 g/mol. The second-order valence-electron chi connectivity index (χ2n) is 9.01. The number of H-pyrrole nitrogens is 1. The van der Waals surface area contributed by atoms with Gasteiger partial charge in [0, 0.05) is 47.6 Å². The van der Waals surface area contributed by atoms with Crippen LogP contribution >= 0.6 is 0 Å². The molecule has 7 heteroatoms. The molecule has 1 unspecified atom stereocenters. The molecule has 0 saturated carbocycles. The first-order valence-electron chi connectivity index (χ1n) is 10.1. The van der Waals surface area contributed by atoms with E-state index in [1.54, 1.807) is 24.3 Å². The smallest absolute Gasteiger partial charge is 0.243 e. The van der Waals surface area contributed by atoms with Crippen LogP contribution in [0.25, 0.3) is 0 Å². The highest BCUT2D eigenvalue weighted by atomic mass is 32.2. The Morgan fingerprint density at radius 3 is 2.48 bits per heavy atom. The van der Waals surface area contributed by atoms with Gasteiger partial charge in [-0.25, -0.2) is 8.42 Å². The lowest BCUT2D eigenvalue weighted by Crippen LogP contribution is -2.29. The first-order chi connectivity index (χ1) is 13.6. The minimum atomic E-state index is -3.69. The maximum absolute atomic E-state index is 13.2. The average Bonchev–Trinajstić information content (AvgIpc) is 3.28. The van der Waals surface area contributed by atoms with E-state index in [0.29, 0.717) is 41.9 Å². The largest absolute Gasteiger partial charge is 0.384 e. The second-order valence-corrected chi connectivity index (χ2v) is 10.9. The van der Waals surface area contributed by atoms with Crippen molar-refractivity contribution in [1.29, 1.82) is 0 Å². The highest BCUT2D eigenvalue weighted by molar-refractivity contribution is 7.89. The number of carbonyl (C=O) groups is 1. The van der Waals surface area contributed by atoms with E-state index in [1.807, 2.05) is 6.92 Å². The summed E-state index contributed by atoms with van der Waals surface area (Å²) >= 11 is 0. The van der Waals surface area contributed by atoms with Crippen molar-refractivity contribution >= 4 is 15.8 Å². The van der Waals surface area contributed by atoms with E-state index in [0.717, 1.165) is 25.0 Å². The molecule has 0 bridgehead atoms. The van der Waals surface area contributed by atoms with Gasteiger partial charge in [0.25, 0.3) is 0 Å². The first-order valence-corrected chi connectivity index (χ1v) is 11.6. The Morgan fingerprint density at radius 2 is 1.79 bits per heavy atom. The zero-order valence-corrected chi connectivity index (χ0v) is 18.0. The number of nitrogens with one attached hydrogen (secondary N) is 1. The Kier molecular flexibility index (Phi) is 4.96. The Labute approximate surface area is 172 Å². The number of Topliss-reactive ketones (excluding diaryl/α,β-unsaturated/α-hetero) is 1. The minimum Gasteiger partial charge on any atom is -0.384 e. The summed E-state index contributed by atoms with van der Waals surface area (Å²) in [5.41, 5.74) is 2.76. The van der Waals surface area contributed by atoms with Crippen LogP contribution in [0.1, 0.15) is 72.1 Å². The third kappa shape index (κ3) is 3.45. The molecule has 0 radical (unpaired) electrons. The van der Waals surface area contributed by atoms with Crippen LogP contribution in [0.5, 0.6) is 0 Å². The van der Waals surface area contributed by atoms with E-state index in [4.69, 9.17) is 0 Å². The summed E-state index contributed by atoms with van der Waals surface area (Å²) in [7, 11) is -3.69. The molecule has 1 atom stereocenters. The summed E-state index contributed by atoms with van der Waals surface area (Å²) in [6, 6.07) is 6.59. The number of hydrogen-bond donors (Lipinski definition) is 2. The van der Waals surface area contributed by atoms with Gasteiger partial charge in [0.05, 0.1) is 4.90 Å². The van der Waals surface area contributed by atoms with E-state index in [2.05, 4.69) is 18.8 Å². The van der Waals surface area contributed by atoms with Crippen molar-refractivity contribution in [2.45, 2.75) is 57.5 Å². The minimum absolute atomic E-state index is 0.00506. The molecule has 2 N–H and O–H groups in total. The van der Waals surface area contributed by atoms with Crippen LogP contribution in [0.2, 0.25) is 0 Å². The molecular weight excluding hydrogens is 388 g/mol. The summed E-state index contributed by atoms with van der Waals surface area (Å²) < 4.78 is 27.9. The lowest BCUT2D eigenvalue weighted by Gasteiger charge is -2.29. The van der Waals surface area contributed by atoms with Crippen LogP contribution < -0.4 is 0 Å². The molecule has 156 valence electrons. The van der Waals surface area contributed by atoms with E-state index in [9.17, 15) is 18.3 Å². The third-order valence-electron chi connectivity index (χ3n) is 6.06. The third-order valence-corrected chi connectivity index (χ3v) is 8.03. The van der Waals surface area contributed by atoms with Gasteiger partial charge in [0.1, 0.15) is 6.10 Å². The maximum Gasteiger partial charge on any atom is 0.243 e. The van der Waals surface area contributed by atoms with Gasteiger partial charge in [0.15, 0.2) is 5.78 Å². The molecule has 0 spiro atoms. The molecule has 6 nitrogen and oxygen atoms in total. The first kappa shape index (κ1) is 20.3. The number of aliphatic hydroxyl groups is 1. The van der Waals surface area contributed by atoms with E-state index < -0.39 is 16.1 Å². The fourth-order valence-corrected chi connectivity index (χ4v) is 6.47. The van der Waals surface area contributed by atoms with Gasteiger partial charge >= 0.3 is 0 Å². The highest BCUT2D eigenvalue weighted by Gasteiger charge is 2.38. The van der Waals surface area contributed by atoms with E-state index >= 15 is 0 Å². The number of aromatic nitrogens is 1. The summed E-state index contributed by atoms with van der Waals surface area (Å²) in [6.07, 6.45) is 1.63. The Balaban J connectivity index is 1.81. The summed E-state index contributed by atoms with van der Waals surface area (Å²) in [5.74, 6) is -0.00506. The van der Waals surface area contributed by atoms with Crippen LogP contribution in [-0.4, -0.2) is 41.7 Å². The van der Waals surface area contributed by atoms with Crippen LogP contribution in [0.15, 0.2) is 29.2 Å². The molecule has 1 aromatic heterocycles. The highest BCUT2D eigenvalue weighted by Crippen LogP contribution is 2.41. The zero-order valence-electron chi connectivity index (χ0n) is 17.2. The summed E-state index contributed by atoms with van der Waals surface area (Å²) in [5, 5.41) is 11.3. The van der Waals surface area contributed by atoms with Crippen LogP contribution in [0, 0.1) is 12.3 Å². The number of benzene rings is 1. The molecular formula is C22H28N2O4S. The van der Waals surface area contributed by atoms with Crippen molar-refractivity contribution < 1.29 is 18.3 Å². The Hall–Kier alpha value is -1.96. The number of ketones is 1. The van der Waals surface area contributed by atoms with Gasteiger partial charge in [0.2, 0.25) is 10.0 Å². The number of carbonyl (C=O) groups excluding carboxylic acids is 1. The molecule has 1 aromatic carbocycles. The molecule has 2 aliphatic rings. The van der Waals surface area contributed by atoms with Crippen molar-refractivity contribution in [2.24, 2.45) is 5.41 Å². The number of aromatic amines is 1. The zero-order chi connectivity index (χ0) is 21.0. The number of nitrogens with zero attached hydrogens (tertiary/aromatic N) is 1.